The van der Waals surface area contributed by atoms with Gasteiger partial charge in [0.15, 0.2) is 5.17 Å². The lowest BCUT2D eigenvalue weighted by molar-refractivity contribution is -0.138. The fraction of sp³-hybridized carbons (Fsp3) is 0.150. The zero-order valence-electron chi connectivity index (χ0n) is 15.1. The quantitative estimate of drug-likeness (QED) is 0.474. The van der Waals surface area contributed by atoms with Gasteiger partial charge in [0.1, 0.15) is 5.25 Å². The highest BCUT2D eigenvalue weighted by Crippen LogP contribution is 2.23. The molecular formula is C20H17N3O5S. The number of amides is 1. The van der Waals surface area contributed by atoms with E-state index in [1.54, 1.807) is 6.07 Å². The first-order valence-corrected chi connectivity index (χ1v) is 9.50. The second-order valence-corrected chi connectivity index (χ2v) is 7.43. The minimum Gasteiger partial charge on any atom is -0.481 e. The molecule has 2 aromatic carbocycles. The van der Waals surface area contributed by atoms with Gasteiger partial charge in [0.2, 0.25) is 5.91 Å². The summed E-state index contributed by atoms with van der Waals surface area (Å²) in [6, 6.07) is 14.8. The van der Waals surface area contributed by atoms with Crippen LogP contribution in [0.4, 0.5) is 0 Å². The van der Waals surface area contributed by atoms with E-state index < -0.39 is 17.2 Å². The monoisotopic (exact) mass is 411 g/mol. The summed E-state index contributed by atoms with van der Waals surface area (Å²) in [7, 11) is 0. The van der Waals surface area contributed by atoms with Gasteiger partial charge in [-0.1, -0.05) is 60.3 Å². The predicted octanol–water partition coefficient (Wildman–Crippen LogP) is 2.38. The number of amidine groups is 1. The molecule has 1 aliphatic heterocycles. The topological polar surface area (TPSA) is 128 Å². The van der Waals surface area contributed by atoms with Gasteiger partial charge in [-0.3, -0.25) is 14.4 Å². The highest BCUT2D eigenvalue weighted by molar-refractivity contribution is 8.15. The molecule has 29 heavy (non-hydrogen) atoms. The molecule has 1 fully saturated rings. The molecule has 1 saturated heterocycles. The van der Waals surface area contributed by atoms with Gasteiger partial charge in [-0.2, -0.15) is 5.10 Å². The molecule has 9 heteroatoms. The van der Waals surface area contributed by atoms with Gasteiger partial charge in [-0.25, -0.2) is 0 Å². The molecule has 3 rings (SSSR count). The highest BCUT2D eigenvalue weighted by atomic mass is 32.2. The molecule has 1 unspecified atom stereocenters. The number of aliphatic carboxylic acids is 2. The summed E-state index contributed by atoms with van der Waals surface area (Å²) in [5.41, 5.74) is 3.38. The second kappa shape index (κ2) is 9.16. The first kappa shape index (κ1) is 20.3. The molecule has 1 atom stereocenters. The number of benzene rings is 2. The van der Waals surface area contributed by atoms with Gasteiger partial charge >= 0.3 is 11.9 Å². The van der Waals surface area contributed by atoms with Crippen LogP contribution in [-0.4, -0.2) is 44.7 Å². The first-order valence-electron chi connectivity index (χ1n) is 8.62. The van der Waals surface area contributed by atoms with Gasteiger partial charge < -0.3 is 15.5 Å². The van der Waals surface area contributed by atoms with Crippen LogP contribution < -0.4 is 5.32 Å². The van der Waals surface area contributed by atoms with Crippen molar-refractivity contribution in [2.75, 3.05) is 0 Å². The third-order valence-corrected chi connectivity index (χ3v) is 5.09. The van der Waals surface area contributed by atoms with Crippen molar-refractivity contribution in [1.29, 1.82) is 0 Å². The normalized spacial score (nSPS) is 17.6. The molecular weight excluding hydrogens is 394 g/mol. The highest BCUT2D eigenvalue weighted by Gasteiger charge is 2.32. The van der Waals surface area contributed by atoms with E-state index in [-0.39, 0.29) is 23.9 Å². The number of rotatable bonds is 7. The summed E-state index contributed by atoms with van der Waals surface area (Å²) in [4.78, 5) is 33.2. The molecule has 1 heterocycles. The van der Waals surface area contributed by atoms with Crippen LogP contribution >= 0.6 is 11.8 Å². The standard InChI is InChI=1S/C20H17N3O5S/c24-17(25)9-13-2-1-3-15(8-13)14-6-4-12(5-7-14)11-21-23-20-22-19(28)16(29-20)10-18(26)27/h1-8,11,16H,9-10H2,(H,24,25)(H,26,27)(H,22,23,28). The Morgan fingerprint density at radius 3 is 2.52 bits per heavy atom. The van der Waals surface area contributed by atoms with Gasteiger partial charge in [0, 0.05) is 0 Å². The van der Waals surface area contributed by atoms with E-state index in [1.165, 1.54) is 6.21 Å². The van der Waals surface area contributed by atoms with Crippen molar-refractivity contribution in [2.24, 2.45) is 10.2 Å². The fourth-order valence-electron chi connectivity index (χ4n) is 2.69. The molecule has 1 amide bonds. The summed E-state index contributed by atoms with van der Waals surface area (Å²) in [6.45, 7) is 0. The van der Waals surface area contributed by atoms with E-state index in [1.807, 2.05) is 42.5 Å². The zero-order chi connectivity index (χ0) is 20.8. The Kier molecular flexibility index (Phi) is 6.40. The molecule has 0 spiro atoms. The fourth-order valence-corrected chi connectivity index (χ4v) is 3.61. The van der Waals surface area contributed by atoms with E-state index in [0.29, 0.717) is 0 Å². The van der Waals surface area contributed by atoms with Crippen molar-refractivity contribution in [3.05, 3.63) is 59.7 Å². The van der Waals surface area contributed by atoms with Gasteiger partial charge in [-0.15, -0.1) is 5.10 Å². The number of nitrogens with zero attached hydrogens (tertiary/aromatic N) is 2. The Balaban J connectivity index is 1.64. The molecule has 0 saturated carbocycles. The van der Waals surface area contributed by atoms with E-state index in [0.717, 1.165) is 34.0 Å². The maximum atomic E-state index is 11.6. The van der Waals surface area contributed by atoms with Crippen LogP contribution in [0, 0.1) is 0 Å². The average Bonchev–Trinajstić information content (AvgIpc) is 3.00. The third-order valence-electron chi connectivity index (χ3n) is 4.02. The molecule has 0 radical (unpaired) electrons. The lowest BCUT2D eigenvalue weighted by Gasteiger charge is -2.04. The molecule has 1 aliphatic rings. The third kappa shape index (κ3) is 5.76. The van der Waals surface area contributed by atoms with Crippen molar-refractivity contribution >= 4 is 41.0 Å². The van der Waals surface area contributed by atoms with E-state index >= 15 is 0 Å². The zero-order valence-corrected chi connectivity index (χ0v) is 15.9. The van der Waals surface area contributed by atoms with Gasteiger partial charge in [-0.05, 0) is 22.3 Å². The Bertz CT molecular complexity index is 1000. The maximum Gasteiger partial charge on any atom is 0.307 e. The van der Waals surface area contributed by atoms with Crippen LogP contribution in [-0.2, 0) is 20.8 Å². The molecule has 2 aromatic rings. The Hall–Kier alpha value is -3.46. The Labute approximate surface area is 170 Å². The smallest absolute Gasteiger partial charge is 0.307 e. The number of hydrogen-bond donors (Lipinski definition) is 3. The lowest BCUT2D eigenvalue weighted by atomic mass is 10.0. The van der Waals surface area contributed by atoms with Crippen LogP contribution in [0.15, 0.2) is 58.7 Å². The summed E-state index contributed by atoms with van der Waals surface area (Å²) in [5, 5.41) is 27.6. The number of thioether (sulfide) groups is 1. The Morgan fingerprint density at radius 1 is 1.07 bits per heavy atom. The molecule has 8 nitrogen and oxygen atoms in total. The van der Waals surface area contributed by atoms with E-state index in [4.69, 9.17) is 10.2 Å². The molecule has 0 aromatic heterocycles. The van der Waals surface area contributed by atoms with Crippen LogP contribution in [0.3, 0.4) is 0 Å². The Morgan fingerprint density at radius 2 is 1.83 bits per heavy atom. The van der Waals surface area contributed by atoms with Crippen molar-refractivity contribution < 1.29 is 24.6 Å². The van der Waals surface area contributed by atoms with Crippen LogP contribution in [0.5, 0.6) is 0 Å². The lowest BCUT2D eigenvalue weighted by Crippen LogP contribution is -2.26. The number of hydrogen-bond acceptors (Lipinski definition) is 6. The summed E-state index contributed by atoms with van der Waals surface area (Å²) in [6.07, 6.45) is 1.23. The van der Waals surface area contributed by atoms with Gasteiger partial charge in [0.25, 0.3) is 0 Å². The summed E-state index contributed by atoms with van der Waals surface area (Å²) >= 11 is 1.04. The predicted molar refractivity (Wildman–Crippen MR) is 110 cm³/mol. The number of carboxylic acids is 2. The number of carbonyl (C=O) groups excluding carboxylic acids is 1. The van der Waals surface area contributed by atoms with Gasteiger partial charge in [0.05, 0.1) is 19.1 Å². The van der Waals surface area contributed by atoms with E-state index in [9.17, 15) is 14.4 Å². The molecule has 3 N–H and O–H groups in total. The average molecular weight is 411 g/mol. The number of carboxylic acid groups (broad SMARTS) is 2. The van der Waals surface area contributed by atoms with Crippen molar-refractivity contribution in [3.63, 3.8) is 0 Å². The first-order chi connectivity index (χ1) is 13.9. The number of nitrogens with one attached hydrogen (secondary N) is 1. The van der Waals surface area contributed by atoms with Crippen molar-refractivity contribution in [2.45, 2.75) is 18.1 Å². The van der Waals surface area contributed by atoms with E-state index in [2.05, 4.69) is 15.5 Å². The van der Waals surface area contributed by atoms with Crippen LogP contribution in [0.1, 0.15) is 17.5 Å². The number of carbonyl (C=O) groups is 3. The summed E-state index contributed by atoms with van der Waals surface area (Å²) in [5.74, 6) is -2.31. The molecule has 0 bridgehead atoms. The summed E-state index contributed by atoms with van der Waals surface area (Å²) < 4.78 is 0. The SMILES string of the molecule is O=C(O)Cc1cccc(-c2ccc(C=NN=C3NC(=O)C(CC(=O)O)S3)cc2)c1. The largest absolute Gasteiger partial charge is 0.481 e. The van der Waals surface area contributed by atoms with Crippen LogP contribution in [0.2, 0.25) is 0 Å². The maximum absolute atomic E-state index is 11.6. The molecule has 148 valence electrons. The minimum absolute atomic E-state index is 0.0270. The van der Waals surface area contributed by atoms with Crippen LogP contribution in [0.25, 0.3) is 11.1 Å². The second-order valence-electron chi connectivity index (χ2n) is 6.24. The van der Waals surface area contributed by atoms with Crippen molar-refractivity contribution in [1.82, 2.24) is 5.32 Å². The minimum atomic E-state index is -1.05. The molecule has 0 aliphatic carbocycles. The van der Waals surface area contributed by atoms with Crippen molar-refractivity contribution in [3.8, 4) is 11.1 Å².